The van der Waals surface area contributed by atoms with Gasteiger partial charge in [-0.3, -0.25) is 4.90 Å². The van der Waals surface area contributed by atoms with Gasteiger partial charge in [0.1, 0.15) is 0 Å². The number of likely N-dealkylation sites (N-methyl/N-ethyl adjacent to an activating group) is 1. The predicted molar refractivity (Wildman–Crippen MR) is 129 cm³/mol. The molecule has 1 heterocycles. The van der Waals surface area contributed by atoms with Crippen molar-refractivity contribution in [1.82, 2.24) is 15.5 Å². The minimum atomic E-state index is 0. The number of nitrogens with zero attached hydrogens (tertiary/aromatic N) is 2. The number of methoxy groups -OCH3 is 2. The number of guanidine groups is 1. The van der Waals surface area contributed by atoms with Crippen LogP contribution in [0.4, 0.5) is 0 Å². The molecule has 1 aliphatic rings. The number of rotatable bonds is 10. The summed E-state index contributed by atoms with van der Waals surface area (Å²) in [6, 6.07) is 4.49. The first-order valence-corrected chi connectivity index (χ1v) is 10.3. The molecule has 7 nitrogen and oxygen atoms in total. The largest absolute Gasteiger partial charge is 0.493 e. The molecule has 0 aliphatic carbocycles. The third kappa shape index (κ3) is 7.40. The van der Waals surface area contributed by atoms with Crippen molar-refractivity contribution in [3.8, 4) is 17.2 Å². The van der Waals surface area contributed by atoms with Crippen LogP contribution in [0.25, 0.3) is 0 Å². The number of benzene rings is 1. The highest BCUT2D eigenvalue weighted by Gasteiger charge is 2.22. The Hall–Kier alpha value is -1.42. The van der Waals surface area contributed by atoms with Crippen molar-refractivity contribution in [3.05, 3.63) is 17.7 Å². The van der Waals surface area contributed by atoms with E-state index in [9.17, 15) is 0 Å². The lowest BCUT2D eigenvalue weighted by Crippen LogP contribution is -2.44. The van der Waals surface area contributed by atoms with Crippen LogP contribution < -0.4 is 24.8 Å². The number of halogens is 1. The van der Waals surface area contributed by atoms with E-state index in [0.717, 1.165) is 31.2 Å². The van der Waals surface area contributed by atoms with Gasteiger partial charge < -0.3 is 24.8 Å². The highest BCUT2D eigenvalue weighted by molar-refractivity contribution is 14.0. The van der Waals surface area contributed by atoms with Crippen LogP contribution in [0.1, 0.15) is 39.2 Å². The maximum Gasteiger partial charge on any atom is 0.203 e. The number of ether oxygens (including phenoxy) is 3. The highest BCUT2D eigenvalue weighted by Crippen LogP contribution is 2.38. The van der Waals surface area contributed by atoms with Gasteiger partial charge in [-0.25, -0.2) is 4.99 Å². The van der Waals surface area contributed by atoms with Gasteiger partial charge in [-0.1, -0.05) is 6.92 Å². The number of hydrogen-bond acceptors (Lipinski definition) is 5. The minimum absolute atomic E-state index is 0. The number of aliphatic imine (C=N–C) groups is 1. The monoisotopic (exact) mass is 520 g/mol. The summed E-state index contributed by atoms with van der Waals surface area (Å²) in [6.07, 6.45) is 2.52. The summed E-state index contributed by atoms with van der Waals surface area (Å²) in [5, 5.41) is 6.83. The van der Waals surface area contributed by atoms with Gasteiger partial charge in [0.15, 0.2) is 17.5 Å². The van der Waals surface area contributed by atoms with Gasteiger partial charge in [-0.2, -0.15) is 0 Å². The van der Waals surface area contributed by atoms with Crippen molar-refractivity contribution in [2.24, 2.45) is 4.99 Å². The topological polar surface area (TPSA) is 67.4 Å². The molecule has 0 aromatic heterocycles. The molecule has 2 rings (SSSR count). The first-order chi connectivity index (χ1) is 13.7. The second-order valence-corrected chi connectivity index (χ2v) is 6.76. The molecule has 2 N–H and O–H groups in total. The summed E-state index contributed by atoms with van der Waals surface area (Å²) < 4.78 is 16.6. The zero-order valence-corrected chi connectivity index (χ0v) is 20.7. The van der Waals surface area contributed by atoms with Crippen molar-refractivity contribution in [2.45, 2.75) is 46.2 Å². The fraction of sp³-hybridized carbons (Fsp3) is 0.667. The van der Waals surface area contributed by atoms with Crippen molar-refractivity contribution >= 4 is 29.9 Å². The predicted octanol–water partition coefficient (Wildman–Crippen LogP) is 3.26. The Balaban J connectivity index is 0.00000420. The maximum atomic E-state index is 5.67. The van der Waals surface area contributed by atoms with Crippen LogP contribution in [-0.4, -0.2) is 63.9 Å². The van der Waals surface area contributed by atoms with Gasteiger partial charge in [0.2, 0.25) is 5.75 Å². The van der Waals surface area contributed by atoms with E-state index in [0.29, 0.717) is 36.4 Å². The van der Waals surface area contributed by atoms with Crippen molar-refractivity contribution in [1.29, 1.82) is 0 Å². The van der Waals surface area contributed by atoms with E-state index in [2.05, 4.69) is 29.4 Å². The van der Waals surface area contributed by atoms with Crippen LogP contribution in [0.15, 0.2) is 17.1 Å². The molecule has 0 saturated carbocycles. The molecule has 1 fully saturated rings. The Labute approximate surface area is 192 Å². The van der Waals surface area contributed by atoms with Crippen LogP contribution >= 0.6 is 24.0 Å². The molecular formula is C21H37IN4O3. The van der Waals surface area contributed by atoms with Gasteiger partial charge in [-0.15, -0.1) is 24.0 Å². The Bertz CT molecular complexity index is 617. The third-order valence-corrected chi connectivity index (χ3v) is 4.98. The molecule has 1 saturated heterocycles. The Morgan fingerprint density at radius 2 is 1.83 bits per heavy atom. The number of likely N-dealkylation sites (tertiary alicyclic amines) is 1. The molecule has 1 aliphatic heterocycles. The van der Waals surface area contributed by atoms with Crippen LogP contribution in [0, 0.1) is 0 Å². The molecule has 29 heavy (non-hydrogen) atoms. The maximum absolute atomic E-state index is 5.67. The van der Waals surface area contributed by atoms with E-state index >= 15 is 0 Å². The van der Waals surface area contributed by atoms with E-state index in [-0.39, 0.29) is 24.0 Å². The van der Waals surface area contributed by atoms with E-state index in [1.165, 1.54) is 19.4 Å². The zero-order valence-electron chi connectivity index (χ0n) is 18.4. The van der Waals surface area contributed by atoms with E-state index in [1.807, 2.05) is 19.1 Å². The lowest BCUT2D eigenvalue weighted by atomic mass is 10.2. The summed E-state index contributed by atoms with van der Waals surface area (Å²) in [5.74, 6) is 2.78. The second kappa shape index (κ2) is 13.7. The average molecular weight is 520 g/mol. The number of nitrogens with one attached hydrogen (secondary N) is 2. The van der Waals surface area contributed by atoms with Gasteiger partial charge in [0, 0.05) is 19.1 Å². The zero-order chi connectivity index (χ0) is 20.4. The summed E-state index contributed by atoms with van der Waals surface area (Å²) in [4.78, 5) is 7.27. The summed E-state index contributed by atoms with van der Waals surface area (Å²) >= 11 is 0. The minimum Gasteiger partial charge on any atom is -0.493 e. The van der Waals surface area contributed by atoms with E-state index in [4.69, 9.17) is 19.2 Å². The molecule has 0 amide bonds. The molecule has 1 atom stereocenters. The third-order valence-electron chi connectivity index (χ3n) is 4.98. The molecule has 166 valence electrons. The molecule has 0 spiro atoms. The van der Waals surface area contributed by atoms with Crippen LogP contribution in [0.5, 0.6) is 17.2 Å². The van der Waals surface area contributed by atoms with Gasteiger partial charge >= 0.3 is 0 Å². The quantitative estimate of drug-likeness (QED) is 0.281. The van der Waals surface area contributed by atoms with Gasteiger partial charge in [0.25, 0.3) is 0 Å². The first kappa shape index (κ1) is 25.6. The molecule has 1 aromatic rings. The van der Waals surface area contributed by atoms with Crippen molar-refractivity contribution in [3.63, 3.8) is 0 Å². The smallest absolute Gasteiger partial charge is 0.203 e. The molecular weight excluding hydrogens is 483 g/mol. The van der Waals surface area contributed by atoms with Crippen molar-refractivity contribution in [2.75, 3.05) is 47.0 Å². The Morgan fingerprint density at radius 1 is 1.14 bits per heavy atom. The van der Waals surface area contributed by atoms with Crippen LogP contribution in [-0.2, 0) is 6.54 Å². The molecule has 1 aromatic carbocycles. The van der Waals surface area contributed by atoms with E-state index < -0.39 is 0 Å². The Kier molecular flexibility index (Phi) is 12.1. The molecule has 1 unspecified atom stereocenters. The summed E-state index contributed by atoms with van der Waals surface area (Å²) in [6.45, 7) is 11.4. The molecule has 8 heteroatoms. The normalized spacial score (nSPS) is 16.9. The van der Waals surface area contributed by atoms with Crippen LogP contribution in [0.2, 0.25) is 0 Å². The first-order valence-electron chi connectivity index (χ1n) is 10.3. The number of hydrogen-bond donors (Lipinski definition) is 2. The Morgan fingerprint density at radius 3 is 2.38 bits per heavy atom. The summed E-state index contributed by atoms with van der Waals surface area (Å²) in [5.41, 5.74) is 1.01. The molecule has 0 radical (unpaired) electrons. The fourth-order valence-corrected chi connectivity index (χ4v) is 3.58. The lowest BCUT2D eigenvalue weighted by molar-refractivity contribution is 0.267. The van der Waals surface area contributed by atoms with E-state index in [1.54, 1.807) is 14.2 Å². The lowest BCUT2D eigenvalue weighted by Gasteiger charge is -2.24. The average Bonchev–Trinajstić information content (AvgIpc) is 3.18. The van der Waals surface area contributed by atoms with Crippen molar-refractivity contribution < 1.29 is 14.2 Å². The van der Waals surface area contributed by atoms with Gasteiger partial charge in [0.05, 0.1) is 27.4 Å². The highest BCUT2D eigenvalue weighted by atomic mass is 127. The fourth-order valence-electron chi connectivity index (χ4n) is 3.58. The standard InChI is InChI=1S/C21H36N4O3.HI/c1-6-22-21(24-15-17-10-9-11-25(17)7-2)23-14-16-12-18(26-4)20(28-8-3)19(13-16)27-5;/h12-13,17H,6-11,14-15H2,1-5H3,(H2,22,23,24);1H. The van der Waals surface area contributed by atoms with Gasteiger partial charge in [-0.05, 0) is 57.5 Å². The SMILES string of the molecule is CCNC(=NCc1cc(OC)c(OCC)c(OC)c1)NCC1CCCN1CC.I. The van der Waals surface area contributed by atoms with Crippen LogP contribution in [0.3, 0.4) is 0 Å². The summed E-state index contributed by atoms with van der Waals surface area (Å²) in [7, 11) is 3.27. The second-order valence-electron chi connectivity index (χ2n) is 6.76. The molecule has 0 bridgehead atoms.